The lowest BCUT2D eigenvalue weighted by Crippen LogP contribution is -2.35. The number of hydrogen-bond acceptors (Lipinski definition) is 5. The first-order valence-corrected chi connectivity index (χ1v) is 7.89. The maximum absolute atomic E-state index is 11.9. The Morgan fingerprint density at radius 2 is 1.89 bits per heavy atom. The van der Waals surface area contributed by atoms with Gasteiger partial charge in [-0.25, -0.2) is 13.1 Å². The number of sulfonamides is 1. The summed E-state index contributed by atoms with van der Waals surface area (Å²) in [4.78, 5) is 22.3. The molecule has 1 saturated heterocycles. The summed E-state index contributed by atoms with van der Waals surface area (Å²) < 4.78 is 26.1. The molecule has 0 bridgehead atoms. The Morgan fingerprint density at radius 3 is 2.42 bits per heavy atom. The standard InChI is InChI=1S/C10H9ClN2O4S2/c11-6-1-3-7(4-2-6)19(16,17)12-5-8-9(14)13-10(15)18-8/h1-4,8,12H,5H2,(H,13,14,15). The van der Waals surface area contributed by atoms with Gasteiger partial charge in [-0.3, -0.25) is 14.9 Å². The molecule has 0 saturated carbocycles. The zero-order valence-corrected chi connectivity index (χ0v) is 11.8. The number of rotatable bonds is 4. The molecule has 2 N–H and O–H groups in total. The summed E-state index contributed by atoms with van der Waals surface area (Å²) in [5, 5.41) is 1.30. The number of halogens is 1. The summed E-state index contributed by atoms with van der Waals surface area (Å²) >= 11 is 6.43. The largest absolute Gasteiger partial charge is 0.286 e. The fourth-order valence-electron chi connectivity index (χ4n) is 1.41. The van der Waals surface area contributed by atoms with Gasteiger partial charge in [0.15, 0.2) is 0 Å². The van der Waals surface area contributed by atoms with E-state index in [1.807, 2.05) is 0 Å². The van der Waals surface area contributed by atoms with Crippen molar-refractivity contribution in [1.82, 2.24) is 10.0 Å². The van der Waals surface area contributed by atoms with Gasteiger partial charge in [0.05, 0.1) is 4.90 Å². The Kier molecular flexibility index (Phi) is 4.14. The van der Waals surface area contributed by atoms with Gasteiger partial charge < -0.3 is 0 Å². The van der Waals surface area contributed by atoms with Gasteiger partial charge in [-0.1, -0.05) is 11.6 Å². The van der Waals surface area contributed by atoms with E-state index in [1.54, 1.807) is 0 Å². The van der Waals surface area contributed by atoms with Crippen LogP contribution in [-0.4, -0.2) is 31.4 Å². The van der Waals surface area contributed by atoms with Crippen LogP contribution in [0, 0.1) is 0 Å². The summed E-state index contributed by atoms with van der Waals surface area (Å²) in [6.45, 7) is -0.146. The molecule has 9 heteroatoms. The van der Waals surface area contributed by atoms with Crippen molar-refractivity contribution in [1.29, 1.82) is 0 Å². The van der Waals surface area contributed by atoms with Crippen molar-refractivity contribution < 1.29 is 18.0 Å². The molecule has 1 fully saturated rings. The molecule has 2 amide bonds. The van der Waals surface area contributed by atoms with E-state index in [1.165, 1.54) is 24.3 Å². The second-order valence-corrected chi connectivity index (χ2v) is 7.07. The Hall–Kier alpha value is -1.09. The third kappa shape index (κ3) is 3.47. The average molecular weight is 321 g/mol. The van der Waals surface area contributed by atoms with Crippen molar-refractivity contribution >= 4 is 44.5 Å². The predicted octanol–water partition coefficient (Wildman–Crippen LogP) is 0.970. The Labute approximate surface area is 118 Å². The summed E-state index contributed by atoms with van der Waals surface area (Å²) in [5.41, 5.74) is 0. The number of thioether (sulfide) groups is 1. The predicted molar refractivity (Wildman–Crippen MR) is 71.6 cm³/mol. The van der Waals surface area contributed by atoms with Gasteiger partial charge in [0.1, 0.15) is 5.25 Å². The topological polar surface area (TPSA) is 92.3 Å². The smallest absolute Gasteiger partial charge is 0.286 e. The van der Waals surface area contributed by atoms with Crippen LogP contribution in [0.2, 0.25) is 5.02 Å². The lowest BCUT2D eigenvalue weighted by Gasteiger charge is -2.08. The molecule has 6 nitrogen and oxygen atoms in total. The van der Waals surface area contributed by atoms with E-state index in [-0.39, 0.29) is 11.4 Å². The minimum Gasteiger partial charge on any atom is -0.286 e. The molecular formula is C10H9ClN2O4S2. The number of amides is 2. The van der Waals surface area contributed by atoms with E-state index in [2.05, 4.69) is 10.0 Å². The molecule has 1 aliphatic rings. The number of carbonyl (C=O) groups excluding carboxylic acids is 2. The molecule has 0 spiro atoms. The van der Waals surface area contributed by atoms with Gasteiger partial charge in [-0.15, -0.1) is 0 Å². The Morgan fingerprint density at radius 1 is 1.26 bits per heavy atom. The van der Waals surface area contributed by atoms with E-state index in [4.69, 9.17) is 11.6 Å². The van der Waals surface area contributed by atoms with Crippen molar-refractivity contribution in [2.24, 2.45) is 0 Å². The zero-order chi connectivity index (χ0) is 14.0. The first-order chi connectivity index (χ1) is 8.88. The number of hydrogen-bond donors (Lipinski definition) is 2. The van der Waals surface area contributed by atoms with Crippen molar-refractivity contribution in [2.75, 3.05) is 6.54 Å². The highest BCUT2D eigenvalue weighted by Crippen LogP contribution is 2.19. The number of carbonyl (C=O) groups is 2. The molecule has 19 heavy (non-hydrogen) atoms. The van der Waals surface area contributed by atoms with Crippen LogP contribution < -0.4 is 10.0 Å². The second kappa shape index (κ2) is 5.49. The minimum absolute atomic E-state index is 0.0478. The zero-order valence-electron chi connectivity index (χ0n) is 9.42. The van der Waals surface area contributed by atoms with Crippen LogP contribution in [0.15, 0.2) is 29.2 Å². The molecule has 1 aromatic rings. The van der Waals surface area contributed by atoms with Gasteiger partial charge in [-0.05, 0) is 36.0 Å². The molecule has 0 aliphatic carbocycles. The molecular weight excluding hydrogens is 312 g/mol. The molecule has 1 unspecified atom stereocenters. The SMILES string of the molecule is O=C1NC(=O)C(CNS(=O)(=O)c2ccc(Cl)cc2)S1. The van der Waals surface area contributed by atoms with Crippen molar-refractivity contribution in [3.05, 3.63) is 29.3 Å². The van der Waals surface area contributed by atoms with Gasteiger partial charge in [0.2, 0.25) is 15.9 Å². The fraction of sp³-hybridized carbons (Fsp3) is 0.200. The summed E-state index contributed by atoms with van der Waals surface area (Å²) in [6.07, 6.45) is 0. The monoisotopic (exact) mass is 320 g/mol. The van der Waals surface area contributed by atoms with E-state index in [0.29, 0.717) is 5.02 Å². The summed E-state index contributed by atoms with van der Waals surface area (Å²) in [6, 6.07) is 5.63. The van der Waals surface area contributed by atoms with Crippen LogP contribution in [0.1, 0.15) is 0 Å². The highest BCUT2D eigenvalue weighted by Gasteiger charge is 2.32. The normalized spacial score (nSPS) is 19.5. The Balaban J connectivity index is 2.04. The molecule has 1 heterocycles. The quantitative estimate of drug-likeness (QED) is 0.862. The highest BCUT2D eigenvalue weighted by molar-refractivity contribution is 8.15. The van der Waals surface area contributed by atoms with Crippen LogP contribution in [0.5, 0.6) is 0 Å². The molecule has 102 valence electrons. The second-order valence-electron chi connectivity index (χ2n) is 3.69. The first kappa shape index (κ1) is 14.3. The van der Waals surface area contributed by atoms with Crippen LogP contribution in [-0.2, 0) is 14.8 Å². The highest BCUT2D eigenvalue weighted by atomic mass is 35.5. The van der Waals surface area contributed by atoms with E-state index >= 15 is 0 Å². The molecule has 0 radical (unpaired) electrons. The maximum Gasteiger partial charge on any atom is 0.286 e. The van der Waals surface area contributed by atoms with Gasteiger partial charge in [0, 0.05) is 11.6 Å². The Bertz CT molecular complexity index is 615. The lowest BCUT2D eigenvalue weighted by molar-refractivity contribution is -0.118. The molecule has 1 aliphatic heterocycles. The molecule has 1 aromatic carbocycles. The van der Waals surface area contributed by atoms with E-state index < -0.39 is 26.4 Å². The number of nitrogens with one attached hydrogen (secondary N) is 2. The van der Waals surface area contributed by atoms with Crippen LogP contribution in [0.25, 0.3) is 0 Å². The van der Waals surface area contributed by atoms with Crippen LogP contribution in [0.4, 0.5) is 4.79 Å². The van der Waals surface area contributed by atoms with Crippen molar-refractivity contribution in [3.63, 3.8) is 0 Å². The summed E-state index contributed by atoms with van der Waals surface area (Å²) in [7, 11) is -3.72. The van der Waals surface area contributed by atoms with Gasteiger partial charge >= 0.3 is 0 Å². The van der Waals surface area contributed by atoms with E-state index in [9.17, 15) is 18.0 Å². The third-order valence-corrected chi connectivity index (χ3v) is 5.02. The number of benzene rings is 1. The first-order valence-electron chi connectivity index (χ1n) is 5.15. The van der Waals surface area contributed by atoms with E-state index in [0.717, 1.165) is 11.8 Å². The van der Waals surface area contributed by atoms with Crippen LogP contribution in [0.3, 0.4) is 0 Å². The third-order valence-electron chi connectivity index (χ3n) is 2.35. The molecule has 0 aromatic heterocycles. The van der Waals surface area contributed by atoms with Gasteiger partial charge in [0.25, 0.3) is 5.24 Å². The van der Waals surface area contributed by atoms with Crippen molar-refractivity contribution in [3.8, 4) is 0 Å². The average Bonchev–Trinajstić information content (AvgIpc) is 2.66. The molecule has 2 rings (SSSR count). The van der Waals surface area contributed by atoms with Crippen molar-refractivity contribution in [2.45, 2.75) is 10.1 Å². The minimum atomic E-state index is -3.72. The number of imide groups is 1. The molecule has 1 atom stereocenters. The van der Waals surface area contributed by atoms with Gasteiger partial charge in [-0.2, -0.15) is 0 Å². The summed E-state index contributed by atoms with van der Waals surface area (Å²) in [5.74, 6) is -0.492. The fourth-order valence-corrected chi connectivity index (χ4v) is 3.44. The van der Waals surface area contributed by atoms with Crippen LogP contribution >= 0.6 is 23.4 Å². The maximum atomic E-state index is 11.9. The lowest BCUT2D eigenvalue weighted by atomic mass is 10.4.